The Morgan fingerprint density at radius 3 is 2.65 bits per heavy atom. The van der Waals surface area contributed by atoms with Crippen molar-refractivity contribution in [3.63, 3.8) is 0 Å². The van der Waals surface area contributed by atoms with E-state index >= 15 is 0 Å². The van der Waals surface area contributed by atoms with Gasteiger partial charge in [0.2, 0.25) is 0 Å². The molecule has 1 aliphatic carbocycles. The average Bonchev–Trinajstić information content (AvgIpc) is 2.84. The third-order valence-corrected chi connectivity index (χ3v) is 4.00. The molecule has 17 heavy (non-hydrogen) atoms. The van der Waals surface area contributed by atoms with E-state index in [-0.39, 0.29) is 6.03 Å². The minimum Gasteiger partial charge on any atom is -0.335 e. The summed E-state index contributed by atoms with van der Waals surface area (Å²) < 4.78 is 0. The number of likely N-dealkylation sites (N-methyl/N-ethyl adjacent to an activating group) is 1. The van der Waals surface area contributed by atoms with Crippen LogP contribution >= 0.6 is 0 Å². The van der Waals surface area contributed by atoms with Gasteiger partial charge in [-0.25, -0.2) is 4.79 Å². The van der Waals surface area contributed by atoms with E-state index in [9.17, 15) is 4.79 Å². The summed E-state index contributed by atoms with van der Waals surface area (Å²) in [4.78, 5) is 14.2. The molecule has 1 aliphatic heterocycles. The maximum absolute atomic E-state index is 12.2. The number of carbonyl (C=O) groups excluding carboxylic acids is 1. The summed E-state index contributed by atoms with van der Waals surface area (Å²) in [6.07, 6.45) is 7.17. The number of carbonyl (C=O) groups is 1. The van der Waals surface area contributed by atoms with Crippen molar-refractivity contribution >= 4 is 6.03 Å². The van der Waals surface area contributed by atoms with E-state index < -0.39 is 0 Å². The van der Waals surface area contributed by atoms with Gasteiger partial charge < -0.3 is 15.5 Å². The highest BCUT2D eigenvalue weighted by Gasteiger charge is 2.26. The first-order chi connectivity index (χ1) is 8.31. The van der Waals surface area contributed by atoms with Crippen LogP contribution in [0.15, 0.2) is 0 Å². The van der Waals surface area contributed by atoms with Gasteiger partial charge in [-0.3, -0.25) is 0 Å². The molecule has 1 atom stereocenters. The second kappa shape index (κ2) is 6.24. The van der Waals surface area contributed by atoms with Crippen LogP contribution in [0, 0.1) is 0 Å². The molecule has 2 amide bonds. The molecular formula is C13H25N3O. The molecule has 2 aliphatic rings. The SMILES string of the molecule is CCN(C(=O)NC1CCCC1)C1CCCNC1. The maximum Gasteiger partial charge on any atom is 0.317 e. The molecule has 1 heterocycles. The average molecular weight is 239 g/mol. The molecule has 0 radical (unpaired) electrons. The van der Waals surface area contributed by atoms with Crippen LogP contribution in [-0.4, -0.2) is 42.6 Å². The number of nitrogens with one attached hydrogen (secondary N) is 2. The Bertz CT molecular complexity index is 245. The lowest BCUT2D eigenvalue weighted by Gasteiger charge is -2.34. The first-order valence-electron chi connectivity index (χ1n) is 7.09. The number of hydrogen-bond donors (Lipinski definition) is 2. The number of piperidine rings is 1. The largest absolute Gasteiger partial charge is 0.335 e. The van der Waals surface area contributed by atoms with Crippen LogP contribution in [0.4, 0.5) is 4.79 Å². The van der Waals surface area contributed by atoms with E-state index in [2.05, 4.69) is 17.6 Å². The molecule has 2 N–H and O–H groups in total. The third-order valence-electron chi connectivity index (χ3n) is 4.00. The van der Waals surface area contributed by atoms with Gasteiger partial charge in [-0.15, -0.1) is 0 Å². The molecule has 2 rings (SSSR count). The molecule has 0 aromatic rings. The van der Waals surface area contributed by atoms with E-state index in [1.54, 1.807) is 0 Å². The van der Waals surface area contributed by atoms with E-state index in [4.69, 9.17) is 0 Å². The molecular weight excluding hydrogens is 214 g/mol. The zero-order valence-electron chi connectivity index (χ0n) is 10.9. The maximum atomic E-state index is 12.2. The van der Waals surface area contributed by atoms with Gasteiger partial charge in [0.25, 0.3) is 0 Å². The monoisotopic (exact) mass is 239 g/mol. The Hall–Kier alpha value is -0.770. The van der Waals surface area contributed by atoms with Gasteiger partial charge in [-0.05, 0) is 39.2 Å². The topological polar surface area (TPSA) is 44.4 Å². The summed E-state index contributed by atoms with van der Waals surface area (Å²) in [6, 6.07) is 0.955. The highest BCUT2D eigenvalue weighted by molar-refractivity contribution is 5.75. The summed E-state index contributed by atoms with van der Waals surface area (Å²) in [6.45, 7) is 4.93. The summed E-state index contributed by atoms with van der Waals surface area (Å²) in [5.41, 5.74) is 0. The number of urea groups is 1. The first-order valence-corrected chi connectivity index (χ1v) is 7.09. The van der Waals surface area contributed by atoms with Crippen molar-refractivity contribution in [2.45, 2.75) is 57.5 Å². The van der Waals surface area contributed by atoms with Gasteiger partial charge in [-0.1, -0.05) is 12.8 Å². The molecule has 0 aromatic heterocycles. The molecule has 4 heteroatoms. The van der Waals surface area contributed by atoms with Crippen molar-refractivity contribution in [3.05, 3.63) is 0 Å². The minimum atomic E-state index is 0.146. The quantitative estimate of drug-likeness (QED) is 0.787. The molecule has 1 saturated heterocycles. The smallest absolute Gasteiger partial charge is 0.317 e. The number of hydrogen-bond acceptors (Lipinski definition) is 2. The third kappa shape index (κ3) is 3.35. The molecule has 0 spiro atoms. The predicted octanol–water partition coefficient (Wildman–Crippen LogP) is 1.71. The molecule has 1 unspecified atom stereocenters. The van der Waals surface area contributed by atoms with Crippen LogP contribution in [0.3, 0.4) is 0 Å². The Balaban J connectivity index is 1.84. The number of rotatable bonds is 3. The van der Waals surface area contributed by atoms with Gasteiger partial charge >= 0.3 is 6.03 Å². The fraction of sp³-hybridized carbons (Fsp3) is 0.923. The van der Waals surface area contributed by atoms with Gasteiger partial charge in [0.05, 0.1) is 0 Å². The summed E-state index contributed by atoms with van der Waals surface area (Å²) in [7, 11) is 0. The Morgan fingerprint density at radius 1 is 1.29 bits per heavy atom. The zero-order chi connectivity index (χ0) is 12.1. The lowest BCUT2D eigenvalue weighted by molar-refractivity contribution is 0.161. The second-order valence-electron chi connectivity index (χ2n) is 5.22. The Morgan fingerprint density at radius 2 is 2.06 bits per heavy atom. The van der Waals surface area contributed by atoms with Crippen molar-refractivity contribution in [2.24, 2.45) is 0 Å². The van der Waals surface area contributed by atoms with E-state index in [0.29, 0.717) is 12.1 Å². The van der Waals surface area contributed by atoms with E-state index in [1.807, 2.05) is 4.90 Å². The van der Waals surface area contributed by atoms with Crippen molar-refractivity contribution < 1.29 is 4.79 Å². The van der Waals surface area contributed by atoms with Crippen molar-refractivity contribution in [1.82, 2.24) is 15.5 Å². The van der Waals surface area contributed by atoms with Crippen LogP contribution in [0.2, 0.25) is 0 Å². The fourth-order valence-corrected chi connectivity index (χ4v) is 2.99. The van der Waals surface area contributed by atoms with Crippen molar-refractivity contribution in [2.75, 3.05) is 19.6 Å². The number of nitrogens with zero attached hydrogens (tertiary/aromatic N) is 1. The fourth-order valence-electron chi connectivity index (χ4n) is 2.99. The first kappa shape index (κ1) is 12.7. The highest BCUT2D eigenvalue weighted by atomic mass is 16.2. The van der Waals surface area contributed by atoms with Gasteiger partial charge in [0.1, 0.15) is 0 Å². The summed E-state index contributed by atoms with van der Waals surface area (Å²) in [5.74, 6) is 0. The van der Waals surface area contributed by atoms with E-state index in [0.717, 1.165) is 38.9 Å². The van der Waals surface area contributed by atoms with E-state index in [1.165, 1.54) is 19.3 Å². The second-order valence-corrected chi connectivity index (χ2v) is 5.22. The van der Waals surface area contributed by atoms with Crippen molar-refractivity contribution in [3.8, 4) is 0 Å². The lowest BCUT2D eigenvalue weighted by atomic mass is 10.1. The summed E-state index contributed by atoms with van der Waals surface area (Å²) in [5, 5.41) is 6.56. The van der Waals surface area contributed by atoms with Gasteiger partial charge in [0, 0.05) is 25.2 Å². The zero-order valence-corrected chi connectivity index (χ0v) is 10.9. The minimum absolute atomic E-state index is 0.146. The van der Waals surface area contributed by atoms with Crippen LogP contribution in [-0.2, 0) is 0 Å². The molecule has 1 saturated carbocycles. The number of amides is 2. The highest BCUT2D eigenvalue weighted by Crippen LogP contribution is 2.18. The molecule has 98 valence electrons. The molecule has 0 aromatic carbocycles. The van der Waals surface area contributed by atoms with Crippen LogP contribution in [0.5, 0.6) is 0 Å². The standard InChI is InChI=1S/C13H25N3O/c1-2-16(12-8-5-9-14-10-12)13(17)15-11-6-3-4-7-11/h11-12,14H,2-10H2,1H3,(H,15,17). The van der Waals surface area contributed by atoms with Gasteiger partial charge in [0.15, 0.2) is 0 Å². The predicted molar refractivity (Wildman–Crippen MR) is 69.1 cm³/mol. The molecule has 4 nitrogen and oxygen atoms in total. The molecule has 2 fully saturated rings. The Kier molecular flexibility index (Phi) is 4.66. The normalized spacial score (nSPS) is 25.8. The van der Waals surface area contributed by atoms with Crippen LogP contribution < -0.4 is 10.6 Å². The molecule has 0 bridgehead atoms. The van der Waals surface area contributed by atoms with Crippen LogP contribution in [0.25, 0.3) is 0 Å². The van der Waals surface area contributed by atoms with Gasteiger partial charge in [-0.2, -0.15) is 0 Å². The Labute approximate surface area is 104 Å². The summed E-state index contributed by atoms with van der Waals surface area (Å²) >= 11 is 0. The lowest BCUT2D eigenvalue weighted by Crippen LogP contribution is -2.53. The van der Waals surface area contributed by atoms with Crippen molar-refractivity contribution in [1.29, 1.82) is 0 Å². The van der Waals surface area contributed by atoms with Crippen LogP contribution in [0.1, 0.15) is 45.4 Å².